The van der Waals surface area contributed by atoms with Crippen LogP contribution in [0.2, 0.25) is 5.02 Å². The first-order valence-corrected chi connectivity index (χ1v) is 11.8. The zero-order valence-corrected chi connectivity index (χ0v) is 21.0. The Bertz CT molecular complexity index is 1260. The molecule has 0 saturated heterocycles. The highest BCUT2D eigenvalue weighted by Gasteiger charge is 2.23. The third kappa shape index (κ3) is 4.91. The van der Waals surface area contributed by atoms with E-state index >= 15 is 0 Å². The summed E-state index contributed by atoms with van der Waals surface area (Å²) in [4.78, 5) is 0. The molecule has 2 aromatic carbocycles. The maximum absolute atomic E-state index is 6.45. The van der Waals surface area contributed by atoms with Crippen LogP contribution in [0.4, 0.5) is 0 Å². The molecule has 1 unspecified atom stereocenters. The van der Waals surface area contributed by atoms with E-state index in [1.54, 1.807) is 14.0 Å². The molecule has 4 aromatic rings. The van der Waals surface area contributed by atoms with Gasteiger partial charge in [0.25, 0.3) is 0 Å². The van der Waals surface area contributed by atoms with E-state index in [1.165, 1.54) is 17.3 Å². The summed E-state index contributed by atoms with van der Waals surface area (Å²) in [6.07, 6.45) is 0. The SMILES string of the molecule is COc1ccc(-n2c(SC(C)c3nnc(C)o3)nnc2-c2ccc(C(C)(C)C)cc2)cc1Cl. The zero-order valence-electron chi connectivity index (χ0n) is 19.5. The number of ether oxygens (including phenoxy) is 1. The van der Waals surface area contributed by atoms with Crippen molar-refractivity contribution in [3.63, 3.8) is 0 Å². The first-order valence-electron chi connectivity index (χ1n) is 10.5. The Kier molecular flexibility index (Phi) is 6.50. The molecule has 7 nitrogen and oxygen atoms in total. The molecule has 0 fully saturated rings. The number of methoxy groups -OCH3 is 1. The maximum atomic E-state index is 6.45. The number of aromatic nitrogens is 5. The van der Waals surface area contributed by atoms with Gasteiger partial charge in [0.05, 0.1) is 23.1 Å². The van der Waals surface area contributed by atoms with E-state index in [0.717, 1.165) is 11.3 Å². The lowest BCUT2D eigenvalue weighted by Gasteiger charge is -2.19. The van der Waals surface area contributed by atoms with Gasteiger partial charge in [-0.15, -0.1) is 20.4 Å². The average molecular weight is 484 g/mol. The number of hydrogen-bond donors (Lipinski definition) is 0. The second kappa shape index (κ2) is 9.19. The molecule has 2 heterocycles. The number of benzene rings is 2. The van der Waals surface area contributed by atoms with Crippen molar-refractivity contribution in [2.75, 3.05) is 7.11 Å². The van der Waals surface area contributed by atoms with Gasteiger partial charge in [0.15, 0.2) is 11.0 Å². The monoisotopic (exact) mass is 483 g/mol. The fourth-order valence-corrected chi connectivity index (χ4v) is 4.51. The summed E-state index contributed by atoms with van der Waals surface area (Å²) in [5.74, 6) is 2.39. The molecular formula is C24H26ClN5O2S. The predicted molar refractivity (Wildman–Crippen MR) is 130 cm³/mol. The summed E-state index contributed by atoms with van der Waals surface area (Å²) in [5, 5.41) is 18.2. The van der Waals surface area contributed by atoms with Crippen molar-refractivity contribution in [3.8, 4) is 22.8 Å². The van der Waals surface area contributed by atoms with Crippen LogP contribution in [0, 0.1) is 6.92 Å². The number of nitrogens with zero attached hydrogens (tertiary/aromatic N) is 5. The lowest BCUT2D eigenvalue weighted by molar-refractivity contribution is 0.415. The molecule has 0 aliphatic carbocycles. The first-order chi connectivity index (χ1) is 15.7. The van der Waals surface area contributed by atoms with Crippen molar-refractivity contribution in [3.05, 3.63) is 64.8 Å². The molecule has 0 spiro atoms. The van der Waals surface area contributed by atoms with Gasteiger partial charge in [-0.2, -0.15) is 0 Å². The molecular weight excluding hydrogens is 458 g/mol. The van der Waals surface area contributed by atoms with Crippen LogP contribution in [0.15, 0.2) is 52.0 Å². The minimum atomic E-state index is -0.112. The smallest absolute Gasteiger partial charge is 0.229 e. The first kappa shape index (κ1) is 23.3. The fourth-order valence-electron chi connectivity index (χ4n) is 3.36. The van der Waals surface area contributed by atoms with Crippen molar-refractivity contribution in [1.29, 1.82) is 0 Å². The van der Waals surface area contributed by atoms with Gasteiger partial charge in [-0.25, -0.2) is 0 Å². The highest BCUT2D eigenvalue weighted by atomic mass is 35.5. The van der Waals surface area contributed by atoms with Crippen LogP contribution in [0.3, 0.4) is 0 Å². The topological polar surface area (TPSA) is 78.9 Å². The van der Waals surface area contributed by atoms with E-state index in [9.17, 15) is 0 Å². The molecule has 0 bridgehead atoms. The van der Waals surface area contributed by atoms with Crippen LogP contribution in [0.1, 0.15) is 50.3 Å². The third-order valence-corrected chi connectivity index (χ3v) is 6.53. The van der Waals surface area contributed by atoms with Crippen LogP contribution in [-0.2, 0) is 5.41 Å². The number of halogens is 1. The van der Waals surface area contributed by atoms with Crippen LogP contribution in [0.25, 0.3) is 17.1 Å². The molecule has 0 amide bonds. The van der Waals surface area contributed by atoms with E-state index in [4.69, 9.17) is 20.8 Å². The van der Waals surface area contributed by atoms with E-state index in [1.807, 2.05) is 29.7 Å². The lowest BCUT2D eigenvalue weighted by Crippen LogP contribution is -2.10. The molecule has 9 heteroatoms. The molecule has 4 rings (SSSR count). The molecule has 0 aliphatic rings. The van der Waals surface area contributed by atoms with Gasteiger partial charge in [-0.1, -0.05) is 68.4 Å². The van der Waals surface area contributed by atoms with Crippen LogP contribution >= 0.6 is 23.4 Å². The third-order valence-electron chi connectivity index (χ3n) is 5.21. The minimum absolute atomic E-state index is 0.0639. The van der Waals surface area contributed by atoms with E-state index < -0.39 is 0 Å². The Morgan fingerprint density at radius 2 is 1.76 bits per heavy atom. The predicted octanol–water partition coefficient (Wildman–Crippen LogP) is 6.44. The van der Waals surface area contributed by atoms with Crippen molar-refractivity contribution in [2.45, 2.75) is 50.4 Å². The fraction of sp³-hybridized carbons (Fsp3) is 0.333. The summed E-state index contributed by atoms with van der Waals surface area (Å²) < 4.78 is 12.9. The molecule has 2 aromatic heterocycles. The van der Waals surface area contributed by atoms with Gasteiger partial charge in [-0.3, -0.25) is 4.57 Å². The van der Waals surface area contributed by atoms with Crippen LogP contribution in [0.5, 0.6) is 5.75 Å². The molecule has 0 N–H and O–H groups in total. The molecule has 172 valence electrons. The Labute approximate surface area is 202 Å². The second-order valence-corrected chi connectivity index (χ2v) is 10.4. The van der Waals surface area contributed by atoms with E-state index in [2.05, 4.69) is 65.4 Å². The van der Waals surface area contributed by atoms with E-state index in [-0.39, 0.29) is 10.7 Å². The number of hydrogen-bond acceptors (Lipinski definition) is 7. The van der Waals surface area contributed by atoms with Crippen molar-refractivity contribution in [1.82, 2.24) is 25.0 Å². The van der Waals surface area contributed by atoms with Gasteiger partial charge < -0.3 is 9.15 Å². The number of rotatable bonds is 6. The summed E-state index contributed by atoms with van der Waals surface area (Å²) in [5.41, 5.74) is 3.10. The Morgan fingerprint density at radius 3 is 2.33 bits per heavy atom. The molecule has 0 aliphatic heterocycles. The standard InChI is InChI=1S/C24H26ClN5O2S/c1-14(22-28-26-15(2)32-22)33-23-29-27-21(16-7-9-17(10-8-16)24(3,4)5)30(23)18-11-12-20(31-6)19(25)13-18/h7-14H,1-6H3. The van der Waals surface area contributed by atoms with Crippen molar-refractivity contribution in [2.24, 2.45) is 0 Å². The number of aryl methyl sites for hydroxylation is 1. The van der Waals surface area contributed by atoms with Crippen LogP contribution < -0.4 is 4.74 Å². The van der Waals surface area contributed by atoms with E-state index in [0.29, 0.717) is 33.5 Å². The Hall–Kier alpha value is -2.84. The summed E-state index contributed by atoms with van der Waals surface area (Å²) >= 11 is 7.94. The van der Waals surface area contributed by atoms with Gasteiger partial charge in [-0.05, 0) is 36.1 Å². The Morgan fingerprint density at radius 1 is 1.03 bits per heavy atom. The van der Waals surface area contributed by atoms with Crippen LogP contribution in [-0.4, -0.2) is 32.1 Å². The second-order valence-electron chi connectivity index (χ2n) is 8.71. The largest absolute Gasteiger partial charge is 0.495 e. The van der Waals surface area contributed by atoms with Crippen molar-refractivity contribution < 1.29 is 9.15 Å². The van der Waals surface area contributed by atoms with Gasteiger partial charge in [0.1, 0.15) is 5.75 Å². The molecule has 33 heavy (non-hydrogen) atoms. The highest BCUT2D eigenvalue weighted by Crippen LogP contribution is 2.38. The number of thioether (sulfide) groups is 1. The molecule has 0 saturated carbocycles. The minimum Gasteiger partial charge on any atom is -0.495 e. The quantitative estimate of drug-likeness (QED) is 0.292. The lowest BCUT2D eigenvalue weighted by atomic mass is 9.87. The summed E-state index contributed by atoms with van der Waals surface area (Å²) in [6, 6.07) is 14.0. The highest BCUT2D eigenvalue weighted by molar-refractivity contribution is 7.99. The zero-order chi connectivity index (χ0) is 23.8. The Balaban J connectivity index is 1.79. The van der Waals surface area contributed by atoms with Gasteiger partial charge in [0, 0.05) is 12.5 Å². The van der Waals surface area contributed by atoms with Gasteiger partial charge >= 0.3 is 0 Å². The average Bonchev–Trinajstić information content (AvgIpc) is 3.39. The maximum Gasteiger partial charge on any atom is 0.229 e. The summed E-state index contributed by atoms with van der Waals surface area (Å²) in [6.45, 7) is 10.3. The summed E-state index contributed by atoms with van der Waals surface area (Å²) in [7, 11) is 1.59. The van der Waals surface area contributed by atoms with Crippen molar-refractivity contribution >= 4 is 23.4 Å². The molecule has 0 radical (unpaired) electrons. The molecule has 1 atom stereocenters. The van der Waals surface area contributed by atoms with Gasteiger partial charge in [0.2, 0.25) is 11.8 Å². The normalized spacial score (nSPS) is 12.7.